The van der Waals surface area contributed by atoms with E-state index in [1.165, 1.54) is 108 Å². The monoisotopic (exact) mass is 652 g/mol. The van der Waals surface area contributed by atoms with Crippen molar-refractivity contribution in [2.75, 3.05) is 0 Å². The largest absolute Gasteiger partial charge is 0.477 e. The number of fused-ring (bicyclic) bond motifs is 2. The maximum absolute atomic E-state index is 12.4. The second-order valence-corrected chi connectivity index (χ2v) is 15.5. The number of aromatic amines is 2. The van der Waals surface area contributed by atoms with Crippen LogP contribution in [0.15, 0.2) is 12.1 Å². The fraction of sp³-hybridized carbons (Fsp3) is 0.647. The Morgan fingerprint density at radius 1 is 0.689 bits per heavy atom. The number of carboxylic acids is 1. The van der Waals surface area contributed by atoms with Crippen molar-refractivity contribution in [1.29, 1.82) is 0 Å². The molecule has 4 saturated carbocycles. The van der Waals surface area contributed by atoms with Crippen molar-refractivity contribution in [2.45, 2.75) is 139 Å². The molecule has 11 heteroatoms. The van der Waals surface area contributed by atoms with Crippen molar-refractivity contribution in [3.05, 3.63) is 33.5 Å². The molecular formula is C34H48N6O3S2. The molecule has 0 atom stereocenters. The molecule has 45 heavy (non-hydrogen) atoms. The van der Waals surface area contributed by atoms with Crippen molar-refractivity contribution >= 4 is 55.2 Å². The third kappa shape index (κ3) is 9.16. The van der Waals surface area contributed by atoms with Gasteiger partial charge in [-0.2, -0.15) is 0 Å². The van der Waals surface area contributed by atoms with E-state index < -0.39 is 5.97 Å². The molecule has 0 bridgehead atoms. The van der Waals surface area contributed by atoms with Crippen LogP contribution in [0, 0.1) is 0 Å². The molecule has 6 N–H and O–H groups in total. The molecule has 4 aliphatic carbocycles. The molecule has 0 saturated heterocycles. The van der Waals surface area contributed by atoms with Crippen molar-refractivity contribution < 1.29 is 14.7 Å². The van der Waals surface area contributed by atoms with Crippen LogP contribution in [0.1, 0.15) is 158 Å². The number of nitrogens with zero attached hydrogens (tertiary/aromatic N) is 2. The van der Waals surface area contributed by atoms with Gasteiger partial charge in [0, 0.05) is 23.9 Å². The Bertz CT molecular complexity index is 1480. The minimum atomic E-state index is -0.928. The summed E-state index contributed by atoms with van der Waals surface area (Å²) in [6.07, 6.45) is 23.2. The molecule has 8 rings (SSSR count). The van der Waals surface area contributed by atoms with E-state index in [-0.39, 0.29) is 11.6 Å². The number of hydrogen-bond donors (Lipinski definition) is 5. The summed E-state index contributed by atoms with van der Waals surface area (Å²) in [5, 5.41) is 14.3. The molecule has 4 aliphatic rings. The second kappa shape index (κ2) is 15.2. The van der Waals surface area contributed by atoms with Crippen LogP contribution in [-0.2, 0) is 0 Å². The van der Waals surface area contributed by atoms with Gasteiger partial charge in [-0.15, -0.1) is 22.7 Å². The van der Waals surface area contributed by atoms with Gasteiger partial charge in [0.1, 0.15) is 22.7 Å². The Hall–Kier alpha value is -2.76. The number of aromatic carboxylic acids is 1. The number of rotatable bonds is 5. The maximum atomic E-state index is 12.4. The van der Waals surface area contributed by atoms with Gasteiger partial charge in [-0.05, 0) is 63.5 Å². The van der Waals surface area contributed by atoms with Crippen LogP contribution in [0.2, 0.25) is 0 Å². The zero-order valence-corrected chi connectivity index (χ0v) is 27.9. The smallest absolute Gasteiger partial charge is 0.352 e. The Kier molecular flexibility index (Phi) is 10.9. The number of nitrogens with two attached hydrogens (primary N) is 1. The lowest BCUT2D eigenvalue weighted by Gasteiger charge is -2.20. The summed E-state index contributed by atoms with van der Waals surface area (Å²) >= 11 is 3.34. The molecule has 1 amide bonds. The number of carbonyl (C=O) groups excluding carboxylic acids is 1. The number of nitrogens with one attached hydrogen (secondary N) is 3. The standard InChI is InChI=1S/C17H23N3OS.C9H8N2O2S.C8H17N/c21-16(18-12-6-4-2-1-3-5-7-12)13-10-14-15(19-13)20-17(22-14)11-8-9-11;12-9(13)5-3-6-7(10-5)11-8(14-6)4-1-2-4;9-8-6-4-2-1-3-5-7-8/h10-12,19H,1-9H2,(H,18,21);3-4,10H,1-2H2,(H,12,13);8H,1-7,9H2. The normalized spacial score (nSPS) is 20.2. The average molecular weight is 653 g/mol. The van der Waals surface area contributed by atoms with Gasteiger partial charge >= 0.3 is 5.97 Å². The summed E-state index contributed by atoms with van der Waals surface area (Å²) in [7, 11) is 0. The number of hydrogen-bond acceptors (Lipinski definition) is 7. The van der Waals surface area contributed by atoms with Crippen LogP contribution < -0.4 is 11.1 Å². The van der Waals surface area contributed by atoms with E-state index in [0.717, 1.165) is 32.9 Å². The summed E-state index contributed by atoms with van der Waals surface area (Å²) in [6, 6.07) is 4.48. The predicted octanol–water partition coefficient (Wildman–Crippen LogP) is 8.60. The van der Waals surface area contributed by atoms with Gasteiger partial charge in [-0.25, -0.2) is 14.8 Å². The summed E-state index contributed by atoms with van der Waals surface area (Å²) in [6.45, 7) is 0. The second-order valence-electron chi connectivity index (χ2n) is 13.4. The number of carboxylic acid groups (broad SMARTS) is 1. The minimum absolute atomic E-state index is 0.0312. The Balaban J connectivity index is 0.000000132. The molecule has 0 aromatic carbocycles. The summed E-state index contributed by atoms with van der Waals surface area (Å²) in [5.41, 5.74) is 8.29. The third-order valence-corrected chi connectivity index (χ3v) is 11.6. The number of H-pyrrole nitrogens is 2. The van der Waals surface area contributed by atoms with Gasteiger partial charge < -0.3 is 26.1 Å². The van der Waals surface area contributed by atoms with E-state index >= 15 is 0 Å². The number of amides is 1. The van der Waals surface area contributed by atoms with Crippen LogP contribution in [0.5, 0.6) is 0 Å². The predicted molar refractivity (Wildman–Crippen MR) is 183 cm³/mol. The highest BCUT2D eigenvalue weighted by molar-refractivity contribution is 7.19. The van der Waals surface area contributed by atoms with Crippen LogP contribution in [-0.4, -0.2) is 49.0 Å². The van der Waals surface area contributed by atoms with Crippen LogP contribution in [0.25, 0.3) is 20.7 Å². The zero-order valence-electron chi connectivity index (χ0n) is 26.2. The molecule has 4 fully saturated rings. The lowest BCUT2D eigenvalue weighted by atomic mass is 9.96. The van der Waals surface area contributed by atoms with Crippen LogP contribution >= 0.6 is 22.7 Å². The SMILES string of the molecule is NC1CCCCCCC1.O=C(NC1CCCCCCC1)c1cc2sc(C3CC3)nc2[nH]1.O=C(O)c1cc2sc(C3CC3)nc2[nH]1. The molecule has 4 heterocycles. The van der Waals surface area contributed by atoms with Gasteiger partial charge in [0.05, 0.1) is 19.4 Å². The first-order valence-corrected chi connectivity index (χ1v) is 18.8. The molecule has 0 unspecified atom stereocenters. The highest BCUT2D eigenvalue weighted by Crippen LogP contribution is 2.44. The summed E-state index contributed by atoms with van der Waals surface area (Å²) in [4.78, 5) is 38.1. The highest BCUT2D eigenvalue weighted by atomic mass is 32.1. The fourth-order valence-electron chi connectivity index (χ4n) is 6.26. The van der Waals surface area contributed by atoms with E-state index in [0.29, 0.717) is 35.3 Å². The van der Waals surface area contributed by atoms with E-state index in [4.69, 9.17) is 10.8 Å². The topological polar surface area (TPSA) is 150 Å². The lowest BCUT2D eigenvalue weighted by Crippen LogP contribution is -2.35. The molecular weight excluding hydrogens is 605 g/mol. The maximum Gasteiger partial charge on any atom is 0.352 e. The van der Waals surface area contributed by atoms with E-state index in [2.05, 4.69) is 25.3 Å². The molecule has 244 valence electrons. The van der Waals surface area contributed by atoms with Crippen molar-refractivity contribution in [3.8, 4) is 0 Å². The first-order valence-electron chi connectivity index (χ1n) is 17.2. The number of thiazole rings is 2. The molecule has 0 spiro atoms. The molecule has 4 aromatic rings. The first kappa shape index (κ1) is 32.2. The van der Waals surface area contributed by atoms with Crippen LogP contribution in [0.4, 0.5) is 0 Å². The van der Waals surface area contributed by atoms with Gasteiger partial charge in [-0.3, -0.25) is 4.79 Å². The minimum Gasteiger partial charge on any atom is -0.477 e. The number of aromatic nitrogens is 4. The first-order chi connectivity index (χ1) is 21.9. The summed E-state index contributed by atoms with van der Waals surface area (Å²) < 4.78 is 2.06. The van der Waals surface area contributed by atoms with Crippen molar-refractivity contribution in [2.24, 2.45) is 5.73 Å². The highest BCUT2D eigenvalue weighted by Gasteiger charge is 2.29. The van der Waals surface area contributed by atoms with E-state index in [9.17, 15) is 9.59 Å². The molecule has 9 nitrogen and oxygen atoms in total. The van der Waals surface area contributed by atoms with Crippen molar-refractivity contribution in [3.63, 3.8) is 0 Å². The van der Waals surface area contributed by atoms with E-state index in [1.54, 1.807) is 28.7 Å². The van der Waals surface area contributed by atoms with E-state index in [1.807, 2.05) is 6.07 Å². The Morgan fingerprint density at radius 2 is 1.13 bits per heavy atom. The molecule has 0 aliphatic heterocycles. The van der Waals surface area contributed by atoms with Crippen molar-refractivity contribution in [1.82, 2.24) is 25.3 Å². The van der Waals surface area contributed by atoms with Gasteiger partial charge in [0.15, 0.2) is 0 Å². The molecule has 4 aromatic heterocycles. The van der Waals surface area contributed by atoms with Crippen LogP contribution in [0.3, 0.4) is 0 Å². The molecule has 0 radical (unpaired) electrons. The third-order valence-electron chi connectivity index (χ3n) is 9.32. The Labute approximate surface area is 273 Å². The quantitative estimate of drug-likeness (QED) is 0.146. The summed E-state index contributed by atoms with van der Waals surface area (Å²) in [5.74, 6) is 0.416. The van der Waals surface area contributed by atoms with Gasteiger partial charge in [0.25, 0.3) is 5.91 Å². The number of carbonyl (C=O) groups is 2. The van der Waals surface area contributed by atoms with Gasteiger partial charge in [0.2, 0.25) is 0 Å². The Morgan fingerprint density at radius 3 is 1.60 bits per heavy atom. The average Bonchev–Trinajstić information content (AvgIpc) is 3.85. The zero-order chi connectivity index (χ0) is 31.2. The van der Waals surface area contributed by atoms with Gasteiger partial charge in [-0.1, -0.05) is 64.2 Å². The fourth-order valence-corrected chi connectivity index (χ4v) is 8.53. The lowest BCUT2D eigenvalue weighted by molar-refractivity contribution is 0.0691.